The molecule has 0 bridgehead atoms. The topological polar surface area (TPSA) is 80.6 Å². The molecule has 150 valence electrons. The normalized spacial score (nSPS) is 11.6. The van der Waals surface area contributed by atoms with Gasteiger partial charge < -0.3 is 19.8 Å². The number of anilines is 1. The van der Waals surface area contributed by atoms with Crippen molar-refractivity contribution in [3.05, 3.63) is 83.3 Å². The van der Waals surface area contributed by atoms with Gasteiger partial charge in [0.1, 0.15) is 11.5 Å². The molecule has 6 heteroatoms. The highest BCUT2D eigenvalue weighted by atomic mass is 16.5. The predicted octanol–water partition coefficient (Wildman–Crippen LogP) is 4.23. The van der Waals surface area contributed by atoms with Gasteiger partial charge >= 0.3 is 0 Å². The highest BCUT2D eigenvalue weighted by Gasteiger charge is 2.18. The van der Waals surface area contributed by atoms with Crippen molar-refractivity contribution in [3.63, 3.8) is 0 Å². The number of benzene rings is 2. The van der Waals surface area contributed by atoms with E-state index in [0.717, 1.165) is 11.1 Å². The second-order valence-electron chi connectivity index (χ2n) is 6.80. The largest absolute Gasteiger partial charge is 0.481 e. The number of aryl methyl sites for hydroxylation is 2. The van der Waals surface area contributed by atoms with Crippen LogP contribution in [0.2, 0.25) is 0 Å². The zero-order chi connectivity index (χ0) is 20.8. The van der Waals surface area contributed by atoms with Gasteiger partial charge in [0.15, 0.2) is 6.10 Å². The fourth-order valence-corrected chi connectivity index (χ4v) is 2.75. The Bertz CT molecular complexity index is 996. The summed E-state index contributed by atoms with van der Waals surface area (Å²) in [6.07, 6.45) is 0.823. The van der Waals surface area contributed by atoms with Crippen LogP contribution in [-0.2, 0) is 11.3 Å². The van der Waals surface area contributed by atoms with Crippen LogP contribution in [0.5, 0.6) is 5.75 Å². The van der Waals surface area contributed by atoms with Gasteiger partial charge in [-0.15, -0.1) is 0 Å². The van der Waals surface area contributed by atoms with Gasteiger partial charge in [0.25, 0.3) is 11.8 Å². The molecule has 2 N–H and O–H groups in total. The molecule has 1 aromatic heterocycles. The van der Waals surface area contributed by atoms with E-state index in [2.05, 4.69) is 10.6 Å². The average molecular weight is 392 g/mol. The quantitative estimate of drug-likeness (QED) is 0.630. The SMILES string of the molecule is Cc1ccc(O[C@H](C)C(=O)Nc2ccccc2C(=O)NCc2ccco2)cc1C. The third-order valence-corrected chi connectivity index (χ3v) is 4.59. The van der Waals surface area contributed by atoms with E-state index in [-0.39, 0.29) is 18.4 Å². The Labute approximate surface area is 169 Å². The van der Waals surface area contributed by atoms with E-state index in [4.69, 9.17) is 9.15 Å². The van der Waals surface area contributed by atoms with Crippen molar-refractivity contribution in [3.8, 4) is 5.75 Å². The maximum absolute atomic E-state index is 12.6. The van der Waals surface area contributed by atoms with E-state index in [9.17, 15) is 9.59 Å². The molecule has 0 aliphatic carbocycles. The summed E-state index contributed by atoms with van der Waals surface area (Å²) in [5.74, 6) is 0.630. The first-order chi connectivity index (χ1) is 13.9. The lowest BCUT2D eigenvalue weighted by Crippen LogP contribution is -2.31. The van der Waals surface area contributed by atoms with Crippen LogP contribution in [0.1, 0.15) is 34.2 Å². The minimum absolute atomic E-state index is 0.264. The second-order valence-corrected chi connectivity index (χ2v) is 6.80. The van der Waals surface area contributed by atoms with Gasteiger partial charge in [-0.3, -0.25) is 9.59 Å². The zero-order valence-corrected chi connectivity index (χ0v) is 16.7. The summed E-state index contributed by atoms with van der Waals surface area (Å²) < 4.78 is 11.0. The fourth-order valence-electron chi connectivity index (χ4n) is 2.75. The Balaban J connectivity index is 1.65. The van der Waals surface area contributed by atoms with Crippen LogP contribution >= 0.6 is 0 Å². The monoisotopic (exact) mass is 392 g/mol. The van der Waals surface area contributed by atoms with Crippen LogP contribution in [0.15, 0.2) is 65.3 Å². The van der Waals surface area contributed by atoms with E-state index in [0.29, 0.717) is 22.8 Å². The Hall–Kier alpha value is -3.54. The minimum Gasteiger partial charge on any atom is -0.481 e. The van der Waals surface area contributed by atoms with Gasteiger partial charge in [-0.05, 0) is 68.3 Å². The lowest BCUT2D eigenvalue weighted by Gasteiger charge is -2.17. The molecule has 0 saturated heterocycles. The molecule has 1 heterocycles. The third kappa shape index (κ3) is 5.25. The van der Waals surface area contributed by atoms with E-state index in [1.54, 1.807) is 49.6 Å². The standard InChI is InChI=1S/C23H24N2O4/c1-15-10-11-18(13-16(15)2)29-17(3)22(26)25-21-9-5-4-8-20(21)23(27)24-14-19-7-6-12-28-19/h4-13,17H,14H2,1-3H3,(H,24,27)(H,25,26)/t17-/m1/s1. The molecule has 0 aliphatic heterocycles. The molecule has 3 aromatic rings. The van der Waals surface area contributed by atoms with Gasteiger partial charge in [-0.1, -0.05) is 18.2 Å². The summed E-state index contributed by atoms with van der Waals surface area (Å²) in [5.41, 5.74) is 3.04. The van der Waals surface area contributed by atoms with Crippen molar-refractivity contribution >= 4 is 17.5 Å². The summed E-state index contributed by atoms with van der Waals surface area (Å²) >= 11 is 0. The summed E-state index contributed by atoms with van der Waals surface area (Å²) in [4.78, 5) is 25.1. The highest BCUT2D eigenvalue weighted by molar-refractivity contribution is 6.04. The smallest absolute Gasteiger partial charge is 0.265 e. The van der Waals surface area contributed by atoms with Crippen molar-refractivity contribution in [2.45, 2.75) is 33.4 Å². The van der Waals surface area contributed by atoms with Crippen LogP contribution in [0.3, 0.4) is 0 Å². The number of nitrogens with one attached hydrogen (secondary N) is 2. The molecule has 1 atom stereocenters. The van der Waals surface area contributed by atoms with Crippen LogP contribution in [-0.4, -0.2) is 17.9 Å². The maximum atomic E-state index is 12.6. The number of furan rings is 1. The molecule has 0 radical (unpaired) electrons. The van der Waals surface area contributed by atoms with Gasteiger partial charge in [-0.25, -0.2) is 0 Å². The molecule has 2 aromatic carbocycles. The molecule has 0 fully saturated rings. The molecule has 6 nitrogen and oxygen atoms in total. The van der Waals surface area contributed by atoms with Crippen molar-refractivity contribution in [1.82, 2.24) is 5.32 Å². The Morgan fingerprint density at radius 1 is 1.03 bits per heavy atom. The molecule has 0 aliphatic rings. The van der Waals surface area contributed by atoms with Crippen molar-refractivity contribution in [1.29, 1.82) is 0 Å². The lowest BCUT2D eigenvalue weighted by molar-refractivity contribution is -0.122. The van der Waals surface area contributed by atoms with Gasteiger partial charge in [0.2, 0.25) is 0 Å². The summed E-state index contributed by atoms with van der Waals surface area (Å²) in [5, 5.41) is 5.56. The summed E-state index contributed by atoms with van der Waals surface area (Å²) in [6, 6.07) is 16.1. The van der Waals surface area contributed by atoms with Gasteiger partial charge in [0.05, 0.1) is 24.1 Å². The lowest BCUT2D eigenvalue weighted by atomic mass is 10.1. The molecule has 2 amide bonds. The average Bonchev–Trinajstić information content (AvgIpc) is 3.23. The number of para-hydroxylation sites is 1. The molecular formula is C23H24N2O4. The Morgan fingerprint density at radius 3 is 2.55 bits per heavy atom. The Morgan fingerprint density at radius 2 is 1.83 bits per heavy atom. The highest BCUT2D eigenvalue weighted by Crippen LogP contribution is 2.19. The number of hydrogen-bond acceptors (Lipinski definition) is 4. The van der Waals surface area contributed by atoms with Crippen LogP contribution in [0, 0.1) is 13.8 Å². The number of ether oxygens (including phenoxy) is 1. The van der Waals surface area contributed by atoms with E-state index >= 15 is 0 Å². The first-order valence-corrected chi connectivity index (χ1v) is 9.38. The predicted molar refractivity (Wildman–Crippen MR) is 111 cm³/mol. The summed E-state index contributed by atoms with van der Waals surface area (Å²) in [6.45, 7) is 5.94. The van der Waals surface area contributed by atoms with Crippen LogP contribution in [0.4, 0.5) is 5.69 Å². The molecule has 0 unspecified atom stereocenters. The molecule has 0 saturated carbocycles. The molecular weight excluding hydrogens is 368 g/mol. The number of hydrogen-bond donors (Lipinski definition) is 2. The number of rotatable bonds is 7. The number of carbonyl (C=O) groups is 2. The number of amides is 2. The molecule has 29 heavy (non-hydrogen) atoms. The van der Waals surface area contributed by atoms with E-state index in [1.165, 1.54) is 0 Å². The molecule has 0 spiro atoms. The summed E-state index contributed by atoms with van der Waals surface area (Å²) in [7, 11) is 0. The third-order valence-electron chi connectivity index (χ3n) is 4.59. The van der Waals surface area contributed by atoms with Crippen molar-refractivity contribution < 1.29 is 18.7 Å². The zero-order valence-electron chi connectivity index (χ0n) is 16.7. The molecule has 3 rings (SSSR count). The van der Waals surface area contributed by atoms with Crippen LogP contribution < -0.4 is 15.4 Å². The maximum Gasteiger partial charge on any atom is 0.265 e. The van der Waals surface area contributed by atoms with Crippen molar-refractivity contribution in [2.24, 2.45) is 0 Å². The van der Waals surface area contributed by atoms with E-state index < -0.39 is 6.10 Å². The Kier molecular flexibility index (Phi) is 6.34. The second kappa shape index (κ2) is 9.10. The first kappa shape index (κ1) is 20.2. The van der Waals surface area contributed by atoms with Gasteiger partial charge in [-0.2, -0.15) is 0 Å². The van der Waals surface area contributed by atoms with Crippen molar-refractivity contribution in [2.75, 3.05) is 5.32 Å². The first-order valence-electron chi connectivity index (χ1n) is 9.38. The number of carbonyl (C=O) groups excluding carboxylic acids is 2. The van der Waals surface area contributed by atoms with E-state index in [1.807, 2.05) is 32.0 Å². The van der Waals surface area contributed by atoms with Gasteiger partial charge in [0, 0.05) is 0 Å². The minimum atomic E-state index is -0.726. The van der Waals surface area contributed by atoms with Crippen LogP contribution in [0.25, 0.3) is 0 Å². The fraction of sp³-hybridized carbons (Fsp3) is 0.217.